The van der Waals surface area contributed by atoms with E-state index in [0.29, 0.717) is 12.1 Å². The molecule has 3 rings (SSSR count). The van der Waals surface area contributed by atoms with Gasteiger partial charge in [0, 0.05) is 17.8 Å². The second kappa shape index (κ2) is 9.20. The maximum Gasteiger partial charge on any atom is 0.417 e. The number of amides is 3. The number of urea groups is 1. The van der Waals surface area contributed by atoms with Crippen LogP contribution < -0.4 is 25.8 Å². The van der Waals surface area contributed by atoms with Gasteiger partial charge in [-0.2, -0.15) is 17.9 Å². The van der Waals surface area contributed by atoms with Gasteiger partial charge in [0.05, 0.1) is 25.1 Å². The number of nitrogens with two attached hydrogens (primary N) is 1. The van der Waals surface area contributed by atoms with Gasteiger partial charge in [0.25, 0.3) is 5.69 Å². The molecule has 8 nitrogen and oxygen atoms in total. The first-order valence-electron chi connectivity index (χ1n) is 10.2. The van der Waals surface area contributed by atoms with Crippen LogP contribution in [0.15, 0.2) is 54.7 Å². The minimum Gasteiger partial charge on any atom is -0.618 e. The van der Waals surface area contributed by atoms with Crippen LogP contribution in [0.1, 0.15) is 20.2 Å². The summed E-state index contributed by atoms with van der Waals surface area (Å²) in [6, 6.07) is 2.55. The number of rotatable bonds is 5. The normalized spacial score (nSPS) is 12.3. The van der Waals surface area contributed by atoms with Crippen LogP contribution in [-0.4, -0.2) is 11.9 Å². The number of pyridine rings is 1. The Morgan fingerprint density at radius 1 is 1.15 bits per heavy atom. The number of benzene rings is 2. The average Bonchev–Trinajstić information content (AvgIpc) is 2.77. The number of hydrogen-bond donors (Lipinski definition) is 3. The minimum atomic E-state index is -4.77. The number of nitrogens with zero attached hydrogens (tertiary/aromatic N) is 1. The van der Waals surface area contributed by atoms with E-state index >= 15 is 0 Å². The summed E-state index contributed by atoms with van der Waals surface area (Å²) in [5, 5.41) is 15.4. The van der Waals surface area contributed by atoms with Crippen molar-refractivity contribution in [2.24, 2.45) is 5.73 Å². The van der Waals surface area contributed by atoms with Gasteiger partial charge < -0.3 is 26.3 Å². The highest BCUT2D eigenvalue weighted by atomic mass is 35.5. The zero-order valence-corrected chi connectivity index (χ0v) is 16.8. The minimum absolute atomic E-state index is 0.272. The van der Waals surface area contributed by atoms with Crippen LogP contribution in [0.2, 0.25) is 5.02 Å². The van der Waals surface area contributed by atoms with Gasteiger partial charge in [0.2, 0.25) is 0 Å². The number of anilines is 2. The highest BCUT2D eigenvalue weighted by Crippen LogP contribution is 2.36. The Labute approximate surface area is 192 Å². The van der Waals surface area contributed by atoms with Gasteiger partial charge in [0.15, 0.2) is 6.17 Å². The molecular weight excluding hydrogens is 472 g/mol. The molecule has 3 amide bonds. The number of alkyl halides is 3. The summed E-state index contributed by atoms with van der Waals surface area (Å²) in [4.78, 5) is 23.6. The van der Waals surface area contributed by atoms with Gasteiger partial charge >= 0.3 is 18.1 Å². The first kappa shape index (κ1) is 19.6. The van der Waals surface area contributed by atoms with Gasteiger partial charge in [-0.05, 0) is 30.3 Å². The zero-order chi connectivity index (χ0) is 26.9. The summed E-state index contributed by atoms with van der Waals surface area (Å²) < 4.78 is 81.6. The van der Waals surface area contributed by atoms with Crippen LogP contribution in [0.25, 0.3) is 0 Å². The van der Waals surface area contributed by atoms with Crippen LogP contribution in [0.4, 0.5) is 33.7 Å². The Morgan fingerprint density at radius 3 is 2.52 bits per heavy atom. The third kappa shape index (κ3) is 5.80. The van der Waals surface area contributed by atoms with Crippen LogP contribution >= 0.6 is 11.6 Å². The summed E-state index contributed by atoms with van der Waals surface area (Å²) in [5.41, 5.74) is 2.19. The molecule has 2 aromatic carbocycles. The summed E-state index contributed by atoms with van der Waals surface area (Å²) in [5.74, 6) is -3.51. The number of primary amides is 1. The lowest BCUT2D eigenvalue weighted by Gasteiger charge is -2.13. The van der Waals surface area contributed by atoms with E-state index in [0.717, 1.165) is 24.3 Å². The van der Waals surface area contributed by atoms with Gasteiger partial charge in [-0.1, -0.05) is 11.6 Å². The molecule has 4 N–H and O–H groups in total. The van der Waals surface area contributed by atoms with Gasteiger partial charge in [-0.15, -0.1) is 0 Å². The van der Waals surface area contributed by atoms with Crippen molar-refractivity contribution in [1.29, 1.82) is 0 Å². The van der Waals surface area contributed by atoms with Gasteiger partial charge in [-0.25, -0.2) is 9.18 Å². The van der Waals surface area contributed by atoms with Crippen molar-refractivity contribution in [3.63, 3.8) is 0 Å². The Hall–Kier alpha value is -4.06. The van der Waals surface area contributed by atoms with E-state index in [1.165, 1.54) is 0 Å². The predicted molar refractivity (Wildman–Crippen MR) is 109 cm³/mol. The van der Waals surface area contributed by atoms with Crippen LogP contribution in [-0.2, 0) is 6.18 Å². The van der Waals surface area contributed by atoms with Crippen LogP contribution in [0.3, 0.4) is 0 Å². The molecule has 0 aliphatic heterocycles. The molecule has 0 saturated heterocycles. The second-order valence-corrected chi connectivity index (χ2v) is 6.62. The highest BCUT2D eigenvalue weighted by Gasteiger charge is 2.33. The van der Waals surface area contributed by atoms with Crippen molar-refractivity contribution in [1.82, 2.24) is 0 Å². The molecule has 1 heterocycles. The lowest BCUT2D eigenvalue weighted by Crippen LogP contribution is -2.36. The first-order chi connectivity index (χ1) is 16.7. The van der Waals surface area contributed by atoms with E-state index in [4.69, 9.17) is 26.2 Å². The number of carbonyl (C=O) groups is 2. The van der Waals surface area contributed by atoms with Gasteiger partial charge in [-0.3, -0.25) is 4.79 Å². The molecule has 0 bridgehead atoms. The lowest BCUT2D eigenvalue weighted by molar-refractivity contribution is -0.607. The van der Waals surface area contributed by atoms with E-state index in [1.54, 1.807) is 0 Å². The van der Waals surface area contributed by atoms with Crippen molar-refractivity contribution >= 4 is 34.9 Å². The highest BCUT2D eigenvalue weighted by molar-refractivity contribution is 6.31. The monoisotopic (exact) mass is 487 g/mol. The number of aromatic nitrogens is 1. The topological polar surface area (TPSA) is 120 Å². The second-order valence-electron chi connectivity index (χ2n) is 6.21. The third-order valence-electron chi connectivity index (χ3n) is 3.88. The molecule has 3 aromatic rings. The molecule has 172 valence electrons. The predicted octanol–water partition coefficient (Wildman–Crippen LogP) is 4.67. The standard InChI is InChI=1S/C20H13ClF4N4O4/c21-14-3-1-10(7-13(14)20(23,24)25)27-19(31)28-16-4-2-11(8-15(16)22)33-12-5-6-29(32)17(9-12)18(26)30/h1-9H,(H2,26,30)(H2,27,28,31)/i5D,6D,9D. The third-order valence-corrected chi connectivity index (χ3v) is 4.21. The molecular formula is C20H13ClF4N4O4. The molecule has 13 heteroatoms. The molecule has 0 spiro atoms. The maximum absolute atomic E-state index is 14.5. The quantitative estimate of drug-likeness (QED) is 0.275. The summed E-state index contributed by atoms with van der Waals surface area (Å²) >= 11 is 5.52. The van der Waals surface area contributed by atoms with E-state index in [1.807, 2.05) is 0 Å². The Balaban J connectivity index is 1.80. The summed E-state index contributed by atoms with van der Waals surface area (Å²) in [7, 11) is 0. The van der Waals surface area contributed by atoms with Crippen molar-refractivity contribution in [3.05, 3.63) is 82.0 Å². The maximum atomic E-state index is 14.5. The van der Waals surface area contributed by atoms with E-state index in [2.05, 4.69) is 10.6 Å². The van der Waals surface area contributed by atoms with Crippen LogP contribution in [0, 0.1) is 11.0 Å². The lowest BCUT2D eigenvalue weighted by atomic mass is 10.2. The Kier molecular flexibility index (Phi) is 5.47. The smallest absolute Gasteiger partial charge is 0.417 e. The fraction of sp³-hybridized carbons (Fsp3) is 0.0500. The number of halogens is 5. The van der Waals surface area contributed by atoms with Crippen molar-refractivity contribution in [2.45, 2.75) is 6.18 Å². The fourth-order valence-electron chi connectivity index (χ4n) is 2.44. The molecule has 1 aromatic heterocycles. The largest absolute Gasteiger partial charge is 0.618 e. The number of hydrogen-bond acceptors (Lipinski definition) is 4. The Morgan fingerprint density at radius 2 is 1.88 bits per heavy atom. The van der Waals surface area contributed by atoms with Crippen molar-refractivity contribution < 1.29 is 40.7 Å². The molecule has 0 aliphatic carbocycles. The van der Waals surface area contributed by atoms with E-state index < -0.39 is 69.9 Å². The molecule has 0 fully saturated rings. The molecule has 0 saturated carbocycles. The summed E-state index contributed by atoms with van der Waals surface area (Å²) in [6.07, 6.45) is -5.81. The van der Waals surface area contributed by atoms with Crippen molar-refractivity contribution in [3.8, 4) is 11.5 Å². The Bertz CT molecular complexity index is 1390. The SMILES string of the molecule is [2H]c1c(Oc2ccc(NC(=O)Nc3ccc(Cl)c(C(F)(F)F)c3)c(F)c2)c([2H])c(C(N)=O)[n+]([O-])c1[2H]. The number of ether oxygens (including phenoxy) is 1. The van der Waals surface area contributed by atoms with Crippen LogP contribution in [0.5, 0.6) is 11.5 Å². The molecule has 0 unspecified atom stereocenters. The number of carbonyl (C=O) groups excluding carboxylic acids is 2. The van der Waals surface area contributed by atoms with E-state index in [-0.39, 0.29) is 16.2 Å². The van der Waals surface area contributed by atoms with E-state index in [9.17, 15) is 32.4 Å². The number of nitrogens with one attached hydrogen (secondary N) is 2. The van der Waals surface area contributed by atoms with Crippen molar-refractivity contribution in [2.75, 3.05) is 10.6 Å². The molecule has 0 atom stereocenters. The molecule has 0 radical (unpaired) electrons. The molecule has 0 aliphatic rings. The zero-order valence-electron chi connectivity index (χ0n) is 19.0. The summed E-state index contributed by atoms with van der Waals surface area (Å²) in [6.45, 7) is 0. The first-order valence-corrected chi connectivity index (χ1v) is 9.03. The fourth-order valence-corrected chi connectivity index (χ4v) is 2.67. The van der Waals surface area contributed by atoms with Gasteiger partial charge in [0.1, 0.15) is 18.7 Å². The molecule has 33 heavy (non-hydrogen) atoms. The average molecular weight is 488 g/mol.